The minimum atomic E-state index is 0.188. The summed E-state index contributed by atoms with van der Waals surface area (Å²) in [6.45, 7) is 3.83. The van der Waals surface area contributed by atoms with Gasteiger partial charge in [0.15, 0.2) is 0 Å². The van der Waals surface area contributed by atoms with Gasteiger partial charge in [0.2, 0.25) is 5.91 Å². The first-order chi connectivity index (χ1) is 6.75. The Bertz CT molecular complexity index is 220. The van der Waals surface area contributed by atoms with Gasteiger partial charge >= 0.3 is 0 Å². The summed E-state index contributed by atoms with van der Waals surface area (Å²) in [6, 6.07) is 0.794. The fourth-order valence-corrected chi connectivity index (χ4v) is 2.12. The Labute approximate surface area is 84.4 Å². The molecule has 0 saturated carbocycles. The Morgan fingerprint density at radius 3 is 3.00 bits per heavy atom. The fraction of sp³-hybridized carbons (Fsp3) is 0.900. The molecule has 2 fully saturated rings. The molecule has 2 saturated heterocycles. The maximum absolute atomic E-state index is 11.0. The third-order valence-corrected chi connectivity index (χ3v) is 3.09. The summed E-state index contributed by atoms with van der Waals surface area (Å²) in [5.41, 5.74) is 0. The van der Waals surface area contributed by atoms with Gasteiger partial charge in [0.1, 0.15) is 0 Å². The Hall–Kier alpha value is -0.610. The Kier molecular flexibility index (Phi) is 3.03. The van der Waals surface area contributed by atoms with Crippen LogP contribution < -0.4 is 10.6 Å². The SMILES string of the molecule is C[C@H]1OCC[C@H]1NCC1CCC(=O)N1. The number of carbonyl (C=O) groups excluding carboxylic acids is 1. The summed E-state index contributed by atoms with van der Waals surface area (Å²) < 4.78 is 5.45. The second-order valence-electron chi connectivity index (χ2n) is 4.18. The highest BCUT2D eigenvalue weighted by Crippen LogP contribution is 2.13. The van der Waals surface area contributed by atoms with Crippen molar-refractivity contribution in [3.05, 3.63) is 0 Å². The summed E-state index contributed by atoms with van der Waals surface area (Å²) in [4.78, 5) is 11.0. The highest BCUT2D eigenvalue weighted by atomic mass is 16.5. The van der Waals surface area contributed by atoms with E-state index in [4.69, 9.17) is 4.74 Å². The lowest BCUT2D eigenvalue weighted by atomic mass is 10.1. The highest BCUT2D eigenvalue weighted by Gasteiger charge is 2.26. The average Bonchev–Trinajstić information content (AvgIpc) is 2.72. The van der Waals surface area contributed by atoms with Gasteiger partial charge in [-0.3, -0.25) is 4.79 Å². The molecule has 2 heterocycles. The second-order valence-corrected chi connectivity index (χ2v) is 4.18. The number of rotatable bonds is 3. The molecule has 2 aliphatic heterocycles. The second kappa shape index (κ2) is 4.28. The van der Waals surface area contributed by atoms with E-state index in [0.29, 0.717) is 24.6 Å². The van der Waals surface area contributed by atoms with Gasteiger partial charge in [-0.1, -0.05) is 0 Å². The first-order valence-corrected chi connectivity index (χ1v) is 5.40. The van der Waals surface area contributed by atoms with Crippen LogP contribution in [0, 0.1) is 0 Å². The van der Waals surface area contributed by atoms with Crippen LogP contribution in [0.25, 0.3) is 0 Å². The molecule has 0 aromatic carbocycles. The summed E-state index contributed by atoms with van der Waals surface area (Å²) in [5.74, 6) is 0.188. The van der Waals surface area contributed by atoms with Crippen LogP contribution in [0.4, 0.5) is 0 Å². The van der Waals surface area contributed by atoms with Crippen LogP contribution in [0.15, 0.2) is 0 Å². The number of carbonyl (C=O) groups is 1. The van der Waals surface area contributed by atoms with Crippen molar-refractivity contribution < 1.29 is 9.53 Å². The van der Waals surface area contributed by atoms with Crippen LogP contribution in [0.2, 0.25) is 0 Å². The molecular formula is C10H18N2O2. The molecular weight excluding hydrogens is 180 g/mol. The summed E-state index contributed by atoms with van der Waals surface area (Å²) in [6.07, 6.45) is 3.05. The van der Waals surface area contributed by atoms with Gasteiger partial charge in [-0.05, 0) is 19.8 Å². The number of ether oxygens (including phenoxy) is 1. The first-order valence-electron chi connectivity index (χ1n) is 5.40. The third kappa shape index (κ3) is 2.25. The molecule has 2 rings (SSSR count). The standard InChI is InChI=1S/C10H18N2O2/c1-7-9(4-5-14-7)11-6-8-2-3-10(13)12-8/h7-9,11H,2-6H2,1H3,(H,12,13)/t7-,8?,9-/m1/s1. The lowest BCUT2D eigenvalue weighted by molar-refractivity contribution is -0.119. The molecule has 3 atom stereocenters. The quantitative estimate of drug-likeness (QED) is 0.673. The normalized spacial score (nSPS) is 37.5. The van der Waals surface area contributed by atoms with Crippen LogP contribution in [0.3, 0.4) is 0 Å². The van der Waals surface area contributed by atoms with Crippen molar-refractivity contribution in [3.63, 3.8) is 0 Å². The molecule has 2 N–H and O–H groups in total. The van der Waals surface area contributed by atoms with Crippen LogP contribution >= 0.6 is 0 Å². The van der Waals surface area contributed by atoms with Gasteiger partial charge in [-0.2, -0.15) is 0 Å². The van der Waals surface area contributed by atoms with E-state index in [-0.39, 0.29) is 5.91 Å². The van der Waals surface area contributed by atoms with E-state index < -0.39 is 0 Å². The molecule has 0 aromatic heterocycles. The number of amides is 1. The van der Waals surface area contributed by atoms with Crippen molar-refractivity contribution in [2.24, 2.45) is 0 Å². The van der Waals surface area contributed by atoms with Crippen molar-refractivity contribution in [2.75, 3.05) is 13.2 Å². The Morgan fingerprint density at radius 2 is 2.43 bits per heavy atom. The van der Waals surface area contributed by atoms with Gasteiger partial charge in [0, 0.05) is 31.7 Å². The molecule has 2 aliphatic rings. The van der Waals surface area contributed by atoms with Gasteiger partial charge in [-0.15, -0.1) is 0 Å². The van der Waals surface area contributed by atoms with Gasteiger partial charge < -0.3 is 15.4 Å². The van der Waals surface area contributed by atoms with E-state index in [1.165, 1.54) is 0 Å². The summed E-state index contributed by atoms with van der Waals surface area (Å²) in [7, 11) is 0. The van der Waals surface area contributed by atoms with Crippen LogP contribution in [-0.4, -0.2) is 37.2 Å². The van der Waals surface area contributed by atoms with Crippen molar-refractivity contribution in [2.45, 2.75) is 44.4 Å². The lowest BCUT2D eigenvalue weighted by Gasteiger charge is -2.18. The third-order valence-electron chi connectivity index (χ3n) is 3.09. The molecule has 0 bridgehead atoms. The zero-order valence-electron chi connectivity index (χ0n) is 8.58. The minimum absolute atomic E-state index is 0.188. The molecule has 0 aromatic rings. The van der Waals surface area contributed by atoms with Crippen molar-refractivity contribution in [1.29, 1.82) is 0 Å². The first kappa shape index (κ1) is 9.93. The molecule has 4 nitrogen and oxygen atoms in total. The van der Waals surface area contributed by atoms with Crippen LogP contribution in [0.1, 0.15) is 26.2 Å². The van der Waals surface area contributed by atoms with Gasteiger partial charge in [0.05, 0.1) is 6.10 Å². The van der Waals surface area contributed by atoms with E-state index in [9.17, 15) is 4.79 Å². The molecule has 0 aliphatic carbocycles. The molecule has 80 valence electrons. The topological polar surface area (TPSA) is 50.4 Å². The van der Waals surface area contributed by atoms with Gasteiger partial charge in [0.25, 0.3) is 0 Å². The molecule has 1 unspecified atom stereocenters. The van der Waals surface area contributed by atoms with E-state index >= 15 is 0 Å². The molecule has 0 radical (unpaired) electrons. The Morgan fingerprint density at radius 1 is 1.57 bits per heavy atom. The van der Waals surface area contributed by atoms with E-state index in [2.05, 4.69) is 17.6 Å². The van der Waals surface area contributed by atoms with Crippen molar-refractivity contribution >= 4 is 5.91 Å². The molecule has 1 amide bonds. The number of nitrogens with one attached hydrogen (secondary N) is 2. The van der Waals surface area contributed by atoms with Gasteiger partial charge in [-0.25, -0.2) is 0 Å². The molecule has 4 heteroatoms. The summed E-state index contributed by atoms with van der Waals surface area (Å²) >= 11 is 0. The predicted molar refractivity (Wildman–Crippen MR) is 53.0 cm³/mol. The smallest absolute Gasteiger partial charge is 0.220 e. The zero-order chi connectivity index (χ0) is 9.97. The van der Waals surface area contributed by atoms with Crippen molar-refractivity contribution in [1.82, 2.24) is 10.6 Å². The molecule has 14 heavy (non-hydrogen) atoms. The maximum Gasteiger partial charge on any atom is 0.220 e. The van der Waals surface area contributed by atoms with E-state index in [1.54, 1.807) is 0 Å². The predicted octanol–water partition coefficient (Wildman–Crippen LogP) is 0.0320. The number of hydrogen-bond acceptors (Lipinski definition) is 3. The van der Waals surface area contributed by atoms with Crippen molar-refractivity contribution in [3.8, 4) is 0 Å². The highest BCUT2D eigenvalue weighted by molar-refractivity contribution is 5.78. The largest absolute Gasteiger partial charge is 0.377 e. The zero-order valence-corrected chi connectivity index (χ0v) is 8.58. The van der Waals surface area contributed by atoms with E-state index in [0.717, 1.165) is 26.0 Å². The molecule has 0 spiro atoms. The summed E-state index contributed by atoms with van der Waals surface area (Å²) in [5, 5.41) is 6.40. The lowest BCUT2D eigenvalue weighted by Crippen LogP contribution is -2.43. The van der Waals surface area contributed by atoms with Crippen LogP contribution in [0.5, 0.6) is 0 Å². The maximum atomic E-state index is 11.0. The van der Waals surface area contributed by atoms with Crippen LogP contribution in [-0.2, 0) is 9.53 Å². The minimum Gasteiger partial charge on any atom is -0.377 e. The Balaban J connectivity index is 1.69. The van der Waals surface area contributed by atoms with E-state index in [1.807, 2.05) is 0 Å². The average molecular weight is 198 g/mol. The number of hydrogen-bond donors (Lipinski definition) is 2. The fourth-order valence-electron chi connectivity index (χ4n) is 2.12. The monoisotopic (exact) mass is 198 g/mol.